The number of ether oxygens (including phenoxy) is 1. The van der Waals surface area contributed by atoms with Crippen molar-refractivity contribution < 1.29 is 9.53 Å². The van der Waals surface area contributed by atoms with E-state index in [1.165, 1.54) is 0 Å². The molecule has 1 aliphatic heterocycles. The molecule has 2 N–H and O–H groups in total. The van der Waals surface area contributed by atoms with E-state index in [4.69, 9.17) is 16.3 Å². The van der Waals surface area contributed by atoms with E-state index >= 15 is 0 Å². The van der Waals surface area contributed by atoms with Gasteiger partial charge in [-0.2, -0.15) is 5.10 Å². The summed E-state index contributed by atoms with van der Waals surface area (Å²) in [7, 11) is 0. The highest BCUT2D eigenvalue weighted by molar-refractivity contribution is 6.30. The predicted octanol–water partition coefficient (Wildman–Crippen LogP) is 3.53. The first-order valence-electron chi connectivity index (χ1n) is 7.16. The molecule has 0 aliphatic carbocycles. The van der Waals surface area contributed by atoms with Crippen molar-refractivity contribution in [2.75, 3.05) is 23.8 Å². The van der Waals surface area contributed by atoms with E-state index in [9.17, 15) is 4.79 Å². The van der Waals surface area contributed by atoms with Gasteiger partial charge >= 0.3 is 6.03 Å². The van der Waals surface area contributed by atoms with Crippen molar-refractivity contribution >= 4 is 29.0 Å². The molecule has 2 heterocycles. The number of anilines is 2. The summed E-state index contributed by atoms with van der Waals surface area (Å²) in [4.78, 5) is 12.0. The maximum Gasteiger partial charge on any atom is 0.323 e. The van der Waals surface area contributed by atoms with Gasteiger partial charge < -0.3 is 15.4 Å². The summed E-state index contributed by atoms with van der Waals surface area (Å²) < 4.78 is 7.22. The van der Waals surface area contributed by atoms with Crippen molar-refractivity contribution in [3.8, 4) is 0 Å². The minimum atomic E-state index is -0.325. The number of aromatic nitrogens is 2. The third-order valence-electron chi connectivity index (χ3n) is 3.51. The van der Waals surface area contributed by atoms with Gasteiger partial charge in [-0.05, 0) is 31.0 Å². The minimum absolute atomic E-state index is 0.325. The molecular weight excluding hydrogens is 304 g/mol. The van der Waals surface area contributed by atoms with Gasteiger partial charge in [-0.15, -0.1) is 0 Å². The Kier molecular flexibility index (Phi) is 4.60. The van der Waals surface area contributed by atoms with E-state index in [0.717, 1.165) is 26.1 Å². The molecule has 1 aromatic carbocycles. The first-order valence-corrected chi connectivity index (χ1v) is 7.54. The Morgan fingerprint density at radius 3 is 2.82 bits per heavy atom. The zero-order chi connectivity index (χ0) is 15.4. The molecule has 1 aromatic heterocycles. The molecule has 3 rings (SSSR count). The molecule has 1 fully saturated rings. The van der Waals surface area contributed by atoms with Gasteiger partial charge in [0.25, 0.3) is 0 Å². The van der Waals surface area contributed by atoms with Crippen LogP contribution in [0.15, 0.2) is 36.7 Å². The van der Waals surface area contributed by atoms with Gasteiger partial charge in [0.15, 0.2) is 0 Å². The number of hydrogen-bond acceptors (Lipinski definition) is 3. The van der Waals surface area contributed by atoms with Gasteiger partial charge in [0.05, 0.1) is 17.9 Å². The van der Waals surface area contributed by atoms with Crippen LogP contribution in [0.4, 0.5) is 16.2 Å². The number of urea groups is 1. The molecule has 0 atom stereocenters. The van der Waals surface area contributed by atoms with Crippen LogP contribution in [0.1, 0.15) is 18.9 Å². The summed E-state index contributed by atoms with van der Waals surface area (Å²) in [5, 5.41) is 10.4. The third kappa shape index (κ3) is 3.78. The van der Waals surface area contributed by atoms with Gasteiger partial charge in [0.2, 0.25) is 0 Å². The van der Waals surface area contributed by atoms with Crippen LogP contribution in [0.3, 0.4) is 0 Å². The van der Waals surface area contributed by atoms with Crippen molar-refractivity contribution in [3.05, 3.63) is 41.7 Å². The van der Waals surface area contributed by atoms with E-state index in [2.05, 4.69) is 15.7 Å². The summed E-state index contributed by atoms with van der Waals surface area (Å²) in [5.41, 5.74) is 1.30. The number of benzene rings is 1. The molecule has 0 bridgehead atoms. The quantitative estimate of drug-likeness (QED) is 0.909. The largest absolute Gasteiger partial charge is 0.381 e. The van der Waals surface area contributed by atoms with Crippen LogP contribution in [0, 0.1) is 0 Å². The zero-order valence-corrected chi connectivity index (χ0v) is 12.7. The fourth-order valence-electron chi connectivity index (χ4n) is 2.41. The summed E-state index contributed by atoms with van der Waals surface area (Å²) in [6, 6.07) is 7.00. The lowest BCUT2D eigenvalue weighted by Crippen LogP contribution is -2.20. The number of carbonyl (C=O) groups excluding carboxylic acids is 1. The fraction of sp³-hybridized carbons (Fsp3) is 0.333. The summed E-state index contributed by atoms with van der Waals surface area (Å²) in [6.45, 7) is 1.51. The first kappa shape index (κ1) is 14.9. The first-order chi connectivity index (χ1) is 10.7. The van der Waals surface area contributed by atoms with Crippen LogP contribution in [0.5, 0.6) is 0 Å². The maximum atomic E-state index is 12.0. The second-order valence-electron chi connectivity index (χ2n) is 5.14. The highest BCUT2D eigenvalue weighted by Crippen LogP contribution is 2.21. The lowest BCUT2D eigenvalue weighted by Gasteiger charge is -2.22. The Hall–Kier alpha value is -2.05. The molecule has 22 heavy (non-hydrogen) atoms. The molecule has 2 amide bonds. The lowest BCUT2D eigenvalue weighted by atomic mass is 10.1. The van der Waals surface area contributed by atoms with Crippen molar-refractivity contribution in [3.63, 3.8) is 0 Å². The van der Waals surface area contributed by atoms with Gasteiger partial charge in [0.1, 0.15) is 0 Å². The molecule has 0 spiro atoms. The van der Waals surface area contributed by atoms with Gasteiger partial charge in [0, 0.05) is 30.1 Å². The summed E-state index contributed by atoms with van der Waals surface area (Å²) >= 11 is 5.88. The number of amides is 2. The standard InChI is InChI=1S/C15H17ClN4O2/c16-11-2-1-3-12(8-11)18-15(21)19-13-9-17-20(10-13)14-4-6-22-7-5-14/h1-3,8-10,14H,4-7H2,(H2,18,19,21). The molecule has 0 unspecified atom stereocenters. The highest BCUT2D eigenvalue weighted by Gasteiger charge is 2.16. The smallest absolute Gasteiger partial charge is 0.323 e. The molecule has 1 aliphatic rings. The highest BCUT2D eigenvalue weighted by atomic mass is 35.5. The second kappa shape index (κ2) is 6.81. The monoisotopic (exact) mass is 320 g/mol. The number of halogens is 1. The number of hydrogen-bond donors (Lipinski definition) is 2. The second-order valence-corrected chi connectivity index (χ2v) is 5.58. The van der Waals surface area contributed by atoms with Crippen molar-refractivity contribution in [1.82, 2.24) is 9.78 Å². The average Bonchev–Trinajstić information content (AvgIpc) is 2.96. The van der Waals surface area contributed by atoms with E-state index < -0.39 is 0 Å². The zero-order valence-electron chi connectivity index (χ0n) is 12.0. The SMILES string of the molecule is O=C(Nc1cccc(Cl)c1)Nc1cnn(C2CCOCC2)c1. The van der Waals surface area contributed by atoms with E-state index in [0.29, 0.717) is 22.4 Å². The number of nitrogens with one attached hydrogen (secondary N) is 2. The molecule has 2 aromatic rings. The Morgan fingerprint density at radius 1 is 1.27 bits per heavy atom. The Bertz CT molecular complexity index is 652. The maximum absolute atomic E-state index is 12.0. The van der Waals surface area contributed by atoms with Crippen LogP contribution in [0.25, 0.3) is 0 Å². The predicted molar refractivity (Wildman–Crippen MR) is 85.4 cm³/mol. The summed E-state index contributed by atoms with van der Waals surface area (Å²) in [5.74, 6) is 0. The molecule has 0 saturated carbocycles. The Morgan fingerprint density at radius 2 is 2.05 bits per heavy atom. The number of nitrogens with zero attached hydrogens (tertiary/aromatic N) is 2. The van der Waals surface area contributed by atoms with Crippen molar-refractivity contribution in [2.45, 2.75) is 18.9 Å². The van der Waals surface area contributed by atoms with Gasteiger partial charge in [-0.25, -0.2) is 4.79 Å². The number of carbonyl (C=O) groups is 1. The van der Waals surface area contributed by atoms with Crippen LogP contribution in [0.2, 0.25) is 5.02 Å². The van der Waals surface area contributed by atoms with Crippen molar-refractivity contribution in [1.29, 1.82) is 0 Å². The van der Waals surface area contributed by atoms with Crippen molar-refractivity contribution in [2.24, 2.45) is 0 Å². The molecule has 0 radical (unpaired) electrons. The number of rotatable bonds is 3. The minimum Gasteiger partial charge on any atom is -0.381 e. The summed E-state index contributed by atoms with van der Waals surface area (Å²) in [6.07, 6.45) is 5.37. The molecule has 6 nitrogen and oxygen atoms in total. The molecule has 1 saturated heterocycles. The van der Waals surface area contributed by atoms with Crippen LogP contribution in [-0.4, -0.2) is 29.0 Å². The lowest BCUT2D eigenvalue weighted by molar-refractivity contribution is 0.0662. The average molecular weight is 321 g/mol. The molecule has 7 heteroatoms. The Labute approximate surface area is 133 Å². The van der Waals surface area contributed by atoms with Crippen LogP contribution >= 0.6 is 11.6 Å². The fourth-order valence-corrected chi connectivity index (χ4v) is 2.60. The Balaban J connectivity index is 1.58. The normalized spacial score (nSPS) is 15.5. The van der Waals surface area contributed by atoms with Crippen LogP contribution < -0.4 is 10.6 Å². The van der Waals surface area contributed by atoms with E-state index in [1.807, 2.05) is 10.9 Å². The topological polar surface area (TPSA) is 68.2 Å². The van der Waals surface area contributed by atoms with Crippen LogP contribution in [-0.2, 0) is 4.74 Å². The van der Waals surface area contributed by atoms with Gasteiger partial charge in [-0.1, -0.05) is 17.7 Å². The third-order valence-corrected chi connectivity index (χ3v) is 3.74. The molecular formula is C15H17ClN4O2. The van der Waals surface area contributed by atoms with E-state index in [-0.39, 0.29) is 6.03 Å². The van der Waals surface area contributed by atoms with Gasteiger partial charge in [-0.3, -0.25) is 4.68 Å². The molecule has 116 valence electrons. The van der Waals surface area contributed by atoms with E-state index in [1.54, 1.807) is 30.5 Å².